The van der Waals surface area contributed by atoms with Crippen LogP contribution in [0.1, 0.15) is 5.56 Å². The molecule has 12 heavy (non-hydrogen) atoms. The van der Waals surface area contributed by atoms with E-state index >= 15 is 0 Å². The Balaban J connectivity index is 2.54. The van der Waals surface area contributed by atoms with Crippen LogP contribution in [0.25, 0.3) is 6.08 Å². The molecule has 0 aromatic heterocycles. The van der Waals surface area contributed by atoms with Crippen molar-refractivity contribution in [2.45, 2.75) is 0 Å². The highest BCUT2D eigenvalue weighted by Gasteiger charge is 2.08. The Morgan fingerprint density at radius 1 is 1.33 bits per heavy atom. The smallest absolute Gasteiger partial charge is 0.0565 e. The van der Waals surface area contributed by atoms with Gasteiger partial charge in [-0.05, 0) is 11.6 Å². The number of terminal acetylenes is 1. The van der Waals surface area contributed by atoms with E-state index in [1.54, 1.807) is 0 Å². The van der Waals surface area contributed by atoms with Crippen LogP contribution in [0.3, 0.4) is 0 Å². The van der Waals surface area contributed by atoms with Gasteiger partial charge in [-0.25, -0.2) is 0 Å². The standard InChI is InChI=1S/C11H9N/c1-2-12-9-5-7-10-6-3-4-8-11(10)12/h1,3-8H,9H2. The van der Waals surface area contributed by atoms with Crippen LogP contribution in [0, 0.1) is 12.5 Å². The fraction of sp³-hybridized carbons (Fsp3) is 0.0909. The normalized spacial score (nSPS) is 13.8. The lowest BCUT2D eigenvalue weighted by Crippen LogP contribution is -2.19. The second-order valence-corrected chi connectivity index (χ2v) is 2.70. The third kappa shape index (κ3) is 0.981. The maximum atomic E-state index is 5.36. The van der Waals surface area contributed by atoms with Gasteiger partial charge < -0.3 is 0 Å². The van der Waals surface area contributed by atoms with Crippen molar-refractivity contribution < 1.29 is 0 Å². The highest BCUT2D eigenvalue weighted by Crippen LogP contribution is 2.24. The number of para-hydroxylation sites is 1. The van der Waals surface area contributed by atoms with Gasteiger partial charge in [0.25, 0.3) is 0 Å². The zero-order valence-electron chi connectivity index (χ0n) is 6.70. The predicted molar refractivity (Wildman–Crippen MR) is 51.7 cm³/mol. The maximum Gasteiger partial charge on any atom is 0.0565 e. The summed E-state index contributed by atoms with van der Waals surface area (Å²) in [7, 11) is 0. The first-order valence-corrected chi connectivity index (χ1v) is 3.91. The molecule has 0 saturated heterocycles. The summed E-state index contributed by atoms with van der Waals surface area (Å²) in [5.74, 6) is 0. The molecule has 0 amide bonds. The quantitative estimate of drug-likeness (QED) is 0.519. The summed E-state index contributed by atoms with van der Waals surface area (Å²) in [4.78, 5) is 1.90. The molecule has 1 heteroatoms. The second-order valence-electron chi connectivity index (χ2n) is 2.70. The Hall–Kier alpha value is -1.68. The van der Waals surface area contributed by atoms with Crippen LogP contribution in [0.4, 0.5) is 5.69 Å². The summed E-state index contributed by atoms with van der Waals surface area (Å²) in [6, 6.07) is 10.8. The molecule has 0 spiro atoms. The fourth-order valence-electron chi connectivity index (χ4n) is 1.38. The van der Waals surface area contributed by atoms with Gasteiger partial charge in [0, 0.05) is 12.6 Å². The molecule has 0 fully saturated rings. The monoisotopic (exact) mass is 155 g/mol. The van der Waals surface area contributed by atoms with E-state index in [0.717, 1.165) is 12.2 Å². The average Bonchev–Trinajstić information content (AvgIpc) is 2.17. The average molecular weight is 155 g/mol. The van der Waals surface area contributed by atoms with Crippen molar-refractivity contribution in [3.8, 4) is 12.5 Å². The van der Waals surface area contributed by atoms with E-state index in [2.05, 4.69) is 24.3 Å². The third-order valence-corrected chi connectivity index (χ3v) is 1.97. The molecule has 0 N–H and O–H groups in total. The maximum absolute atomic E-state index is 5.36. The molecule has 1 aromatic carbocycles. The van der Waals surface area contributed by atoms with Crippen molar-refractivity contribution in [2.75, 3.05) is 11.4 Å². The molecule has 1 nitrogen and oxygen atoms in total. The van der Waals surface area contributed by atoms with Crippen molar-refractivity contribution in [3.05, 3.63) is 35.9 Å². The Bertz CT molecular complexity index is 358. The van der Waals surface area contributed by atoms with Gasteiger partial charge in [-0.15, -0.1) is 0 Å². The van der Waals surface area contributed by atoms with Crippen molar-refractivity contribution in [3.63, 3.8) is 0 Å². The van der Waals surface area contributed by atoms with E-state index in [1.165, 1.54) is 5.56 Å². The topological polar surface area (TPSA) is 3.24 Å². The van der Waals surface area contributed by atoms with Crippen LogP contribution in [0.2, 0.25) is 0 Å². The van der Waals surface area contributed by atoms with E-state index < -0.39 is 0 Å². The molecule has 0 aliphatic carbocycles. The largest absolute Gasteiger partial charge is 0.297 e. The van der Waals surface area contributed by atoms with Crippen LogP contribution in [-0.2, 0) is 0 Å². The molecule has 0 unspecified atom stereocenters. The first kappa shape index (κ1) is 7.00. The highest BCUT2D eigenvalue weighted by atomic mass is 15.1. The molecule has 0 radical (unpaired) electrons. The van der Waals surface area contributed by atoms with Crippen LogP contribution in [0.5, 0.6) is 0 Å². The number of benzene rings is 1. The van der Waals surface area contributed by atoms with Crippen molar-refractivity contribution in [2.24, 2.45) is 0 Å². The SMILES string of the molecule is C#CN1CC=Cc2ccccc21. The van der Waals surface area contributed by atoms with E-state index in [-0.39, 0.29) is 0 Å². The van der Waals surface area contributed by atoms with Crippen LogP contribution < -0.4 is 4.90 Å². The Kier molecular flexibility index (Phi) is 1.60. The predicted octanol–water partition coefficient (Wildman–Crippen LogP) is 2.11. The van der Waals surface area contributed by atoms with Gasteiger partial charge in [0.15, 0.2) is 0 Å². The Morgan fingerprint density at radius 2 is 2.17 bits per heavy atom. The molecule has 0 atom stereocenters. The summed E-state index contributed by atoms with van der Waals surface area (Å²) in [6.45, 7) is 0.813. The Labute approximate surface area is 72.3 Å². The van der Waals surface area contributed by atoms with Gasteiger partial charge in [-0.1, -0.05) is 36.8 Å². The zero-order valence-corrected chi connectivity index (χ0v) is 6.70. The minimum atomic E-state index is 0.813. The third-order valence-electron chi connectivity index (χ3n) is 1.97. The lowest BCUT2D eigenvalue weighted by Gasteiger charge is -2.21. The van der Waals surface area contributed by atoms with Crippen LogP contribution in [0.15, 0.2) is 30.3 Å². The summed E-state index contributed by atoms with van der Waals surface area (Å²) in [6.07, 6.45) is 9.53. The van der Waals surface area contributed by atoms with Gasteiger partial charge >= 0.3 is 0 Å². The summed E-state index contributed by atoms with van der Waals surface area (Å²) >= 11 is 0. The molecule has 1 aliphatic heterocycles. The molecular formula is C11H9N. The highest BCUT2D eigenvalue weighted by molar-refractivity contribution is 5.72. The molecule has 58 valence electrons. The minimum absolute atomic E-state index is 0.813. The van der Waals surface area contributed by atoms with Crippen molar-refractivity contribution in [1.82, 2.24) is 0 Å². The number of rotatable bonds is 0. The van der Waals surface area contributed by atoms with E-state index in [9.17, 15) is 0 Å². The van der Waals surface area contributed by atoms with Crippen molar-refractivity contribution in [1.29, 1.82) is 0 Å². The zero-order chi connectivity index (χ0) is 8.39. The first-order valence-electron chi connectivity index (χ1n) is 3.91. The summed E-state index contributed by atoms with van der Waals surface area (Å²) in [5.41, 5.74) is 2.32. The lowest BCUT2D eigenvalue weighted by atomic mass is 10.1. The molecule has 1 heterocycles. The summed E-state index contributed by atoms with van der Waals surface area (Å²) in [5, 5.41) is 0. The number of fused-ring (bicyclic) bond motifs is 1. The molecular weight excluding hydrogens is 146 g/mol. The number of hydrogen-bond acceptors (Lipinski definition) is 1. The molecule has 1 aromatic rings. The van der Waals surface area contributed by atoms with Gasteiger partial charge in [0.2, 0.25) is 0 Å². The van der Waals surface area contributed by atoms with Crippen LogP contribution in [-0.4, -0.2) is 6.54 Å². The van der Waals surface area contributed by atoms with Gasteiger partial charge in [-0.2, -0.15) is 0 Å². The first-order chi connectivity index (χ1) is 5.92. The molecule has 1 aliphatic rings. The fourth-order valence-corrected chi connectivity index (χ4v) is 1.38. The van der Waals surface area contributed by atoms with E-state index in [1.807, 2.05) is 23.1 Å². The van der Waals surface area contributed by atoms with E-state index in [4.69, 9.17) is 6.42 Å². The van der Waals surface area contributed by atoms with Gasteiger partial charge in [-0.3, -0.25) is 4.90 Å². The Morgan fingerprint density at radius 3 is 3.00 bits per heavy atom. The number of nitrogens with zero attached hydrogens (tertiary/aromatic N) is 1. The number of hydrogen-bond donors (Lipinski definition) is 0. The molecule has 0 saturated carbocycles. The number of anilines is 1. The van der Waals surface area contributed by atoms with Gasteiger partial charge in [0.1, 0.15) is 0 Å². The van der Waals surface area contributed by atoms with Gasteiger partial charge in [0.05, 0.1) is 5.69 Å². The van der Waals surface area contributed by atoms with Crippen LogP contribution >= 0.6 is 0 Å². The summed E-state index contributed by atoms with van der Waals surface area (Å²) < 4.78 is 0. The molecule has 0 bridgehead atoms. The minimum Gasteiger partial charge on any atom is -0.297 e. The second kappa shape index (κ2) is 2.75. The lowest BCUT2D eigenvalue weighted by molar-refractivity contribution is 1.11. The van der Waals surface area contributed by atoms with Crippen molar-refractivity contribution >= 4 is 11.8 Å². The molecule has 2 rings (SSSR count). The van der Waals surface area contributed by atoms with E-state index in [0.29, 0.717) is 0 Å².